The van der Waals surface area contributed by atoms with E-state index in [0.717, 1.165) is 22.6 Å². The highest BCUT2D eigenvalue weighted by Crippen LogP contribution is 2.36. The van der Waals surface area contributed by atoms with Gasteiger partial charge in [0.15, 0.2) is 11.5 Å². The maximum absolute atomic E-state index is 5.36. The van der Waals surface area contributed by atoms with Gasteiger partial charge in [0.25, 0.3) is 0 Å². The molecule has 0 fully saturated rings. The number of hydrogen-bond donors (Lipinski definition) is 1. The second-order valence-electron chi connectivity index (χ2n) is 3.18. The van der Waals surface area contributed by atoms with Crippen molar-refractivity contribution in [2.75, 3.05) is 13.9 Å². The molecule has 0 atom stereocenters. The molecule has 2 rings (SSSR count). The molecule has 1 aliphatic heterocycles. The number of fused-ring (bicyclic) bond motifs is 1. The molecule has 0 amide bonds. The number of hydrogen-bond acceptors (Lipinski definition) is 4. The largest absolute Gasteiger partial charge is 0.454 e. The lowest BCUT2D eigenvalue weighted by Gasteiger charge is -2.07. The third-order valence-corrected chi connectivity index (χ3v) is 2.10. The second kappa shape index (κ2) is 3.86. The zero-order valence-electron chi connectivity index (χ0n) is 8.29. The van der Waals surface area contributed by atoms with Crippen LogP contribution in [0.25, 0.3) is 0 Å². The Balaban J connectivity index is 2.29. The van der Waals surface area contributed by atoms with Gasteiger partial charge in [-0.15, -0.1) is 0 Å². The van der Waals surface area contributed by atoms with Crippen molar-refractivity contribution < 1.29 is 14.3 Å². The summed E-state index contributed by atoms with van der Waals surface area (Å²) in [5, 5.41) is 0. The van der Waals surface area contributed by atoms with Gasteiger partial charge >= 0.3 is 0 Å². The van der Waals surface area contributed by atoms with E-state index in [1.54, 1.807) is 7.11 Å². The molecule has 4 nitrogen and oxygen atoms in total. The van der Waals surface area contributed by atoms with Gasteiger partial charge in [-0.05, 0) is 18.6 Å². The van der Waals surface area contributed by atoms with Gasteiger partial charge in [-0.1, -0.05) is 6.07 Å². The third kappa shape index (κ3) is 1.66. The van der Waals surface area contributed by atoms with E-state index in [0.29, 0.717) is 13.3 Å². The van der Waals surface area contributed by atoms with Crippen LogP contribution in [-0.4, -0.2) is 13.9 Å². The van der Waals surface area contributed by atoms with Crippen molar-refractivity contribution in [2.45, 2.75) is 13.5 Å². The summed E-state index contributed by atoms with van der Waals surface area (Å²) >= 11 is 0. The average Bonchev–Trinajstić information content (AvgIpc) is 2.61. The number of benzene rings is 1. The summed E-state index contributed by atoms with van der Waals surface area (Å²) in [5.74, 6) is 1.64. The Morgan fingerprint density at radius 2 is 2.29 bits per heavy atom. The van der Waals surface area contributed by atoms with Crippen LogP contribution in [0.5, 0.6) is 11.5 Å². The van der Waals surface area contributed by atoms with E-state index in [9.17, 15) is 0 Å². The van der Waals surface area contributed by atoms with Gasteiger partial charge in [0, 0.05) is 12.1 Å². The first-order chi connectivity index (χ1) is 6.81. The van der Waals surface area contributed by atoms with Crippen LogP contribution in [-0.2, 0) is 11.4 Å². The van der Waals surface area contributed by atoms with Crippen LogP contribution in [0.1, 0.15) is 11.1 Å². The lowest BCUT2D eigenvalue weighted by molar-refractivity contribution is 0.0858. The minimum atomic E-state index is 0.304. The minimum Gasteiger partial charge on any atom is -0.454 e. The van der Waals surface area contributed by atoms with Gasteiger partial charge in [0.1, 0.15) is 0 Å². The molecule has 0 spiro atoms. The normalized spacial score (nSPS) is 13.3. The van der Waals surface area contributed by atoms with Gasteiger partial charge in [-0.3, -0.25) is 0 Å². The van der Waals surface area contributed by atoms with Crippen molar-refractivity contribution >= 4 is 0 Å². The van der Waals surface area contributed by atoms with E-state index in [2.05, 4.69) is 11.5 Å². The van der Waals surface area contributed by atoms with Crippen molar-refractivity contribution in [2.24, 2.45) is 0 Å². The van der Waals surface area contributed by atoms with E-state index in [1.165, 1.54) is 0 Å². The molecular weight excluding hydrogens is 182 g/mol. The molecule has 0 saturated carbocycles. The van der Waals surface area contributed by atoms with Crippen LogP contribution in [0.4, 0.5) is 0 Å². The maximum Gasteiger partial charge on any atom is 0.231 e. The summed E-state index contributed by atoms with van der Waals surface area (Å²) < 4.78 is 10.7. The number of ether oxygens (including phenoxy) is 2. The van der Waals surface area contributed by atoms with Crippen LogP contribution < -0.4 is 15.0 Å². The molecule has 4 heteroatoms. The molecule has 14 heavy (non-hydrogen) atoms. The molecule has 1 aliphatic rings. The molecule has 0 radical (unpaired) electrons. The third-order valence-electron chi connectivity index (χ3n) is 2.10. The van der Waals surface area contributed by atoms with E-state index >= 15 is 0 Å². The van der Waals surface area contributed by atoms with E-state index in [4.69, 9.17) is 14.3 Å². The van der Waals surface area contributed by atoms with Crippen molar-refractivity contribution in [1.29, 1.82) is 0 Å². The molecule has 76 valence electrons. The first kappa shape index (κ1) is 9.30. The summed E-state index contributed by atoms with van der Waals surface area (Å²) in [7, 11) is 1.59. The predicted octanol–water partition coefficient (Wildman–Crippen LogP) is 1.37. The molecular formula is C10H13NO3. The standard InChI is InChI=1S/C10H13NO3/c1-7-3-8(5-11-12-2)10-9(4-7)13-6-14-10/h3-4,11H,5-6H2,1-2H3. The SMILES string of the molecule is CONCc1cc(C)cc2c1OCO2. The van der Waals surface area contributed by atoms with Crippen molar-refractivity contribution in [3.8, 4) is 11.5 Å². The minimum absolute atomic E-state index is 0.304. The average molecular weight is 195 g/mol. The maximum atomic E-state index is 5.36. The molecule has 1 N–H and O–H groups in total. The number of aryl methyl sites for hydroxylation is 1. The monoisotopic (exact) mass is 195 g/mol. The van der Waals surface area contributed by atoms with E-state index < -0.39 is 0 Å². The summed E-state index contributed by atoms with van der Waals surface area (Å²) in [4.78, 5) is 4.80. The Kier molecular flexibility index (Phi) is 2.56. The highest BCUT2D eigenvalue weighted by Gasteiger charge is 2.17. The van der Waals surface area contributed by atoms with Crippen molar-refractivity contribution in [1.82, 2.24) is 5.48 Å². The topological polar surface area (TPSA) is 39.7 Å². The lowest BCUT2D eigenvalue weighted by Crippen LogP contribution is -2.11. The van der Waals surface area contributed by atoms with Crippen LogP contribution in [0, 0.1) is 6.92 Å². The predicted molar refractivity (Wildman–Crippen MR) is 51.2 cm³/mol. The fourth-order valence-electron chi connectivity index (χ4n) is 1.52. The molecule has 1 heterocycles. The highest BCUT2D eigenvalue weighted by molar-refractivity contribution is 5.50. The fourth-order valence-corrected chi connectivity index (χ4v) is 1.52. The van der Waals surface area contributed by atoms with Crippen LogP contribution in [0.3, 0.4) is 0 Å². The van der Waals surface area contributed by atoms with Crippen molar-refractivity contribution in [3.05, 3.63) is 23.3 Å². The molecule has 0 unspecified atom stereocenters. The highest BCUT2D eigenvalue weighted by atomic mass is 16.7. The Labute approximate surface area is 82.7 Å². The first-order valence-corrected chi connectivity index (χ1v) is 4.46. The van der Waals surface area contributed by atoms with E-state index in [-0.39, 0.29) is 0 Å². The Morgan fingerprint density at radius 1 is 1.43 bits per heavy atom. The molecule has 1 aromatic carbocycles. The number of nitrogens with one attached hydrogen (secondary N) is 1. The smallest absolute Gasteiger partial charge is 0.231 e. The van der Waals surface area contributed by atoms with Gasteiger partial charge in [0.05, 0.1) is 7.11 Å². The Bertz CT molecular complexity index is 338. The zero-order valence-corrected chi connectivity index (χ0v) is 8.29. The summed E-state index contributed by atoms with van der Waals surface area (Å²) in [6.07, 6.45) is 0. The number of hydroxylamine groups is 1. The molecule has 0 aromatic heterocycles. The Hall–Kier alpha value is -1.26. The first-order valence-electron chi connectivity index (χ1n) is 4.46. The summed E-state index contributed by atoms with van der Waals surface area (Å²) in [5.41, 5.74) is 5.00. The zero-order chi connectivity index (χ0) is 9.97. The Morgan fingerprint density at radius 3 is 3.07 bits per heavy atom. The molecule has 0 saturated heterocycles. The van der Waals surface area contributed by atoms with Crippen LogP contribution in [0.2, 0.25) is 0 Å². The second-order valence-corrected chi connectivity index (χ2v) is 3.18. The van der Waals surface area contributed by atoms with Gasteiger partial charge in [-0.25, -0.2) is 0 Å². The van der Waals surface area contributed by atoms with Crippen molar-refractivity contribution in [3.63, 3.8) is 0 Å². The molecule has 1 aromatic rings. The van der Waals surface area contributed by atoms with Gasteiger partial charge in [0.2, 0.25) is 6.79 Å². The number of rotatable bonds is 3. The molecule has 0 bridgehead atoms. The van der Waals surface area contributed by atoms with E-state index in [1.807, 2.05) is 13.0 Å². The molecule has 0 aliphatic carbocycles. The summed E-state index contributed by atoms with van der Waals surface area (Å²) in [6.45, 7) is 2.95. The summed E-state index contributed by atoms with van der Waals surface area (Å²) in [6, 6.07) is 4.03. The van der Waals surface area contributed by atoms with Crippen LogP contribution >= 0.6 is 0 Å². The fraction of sp³-hybridized carbons (Fsp3) is 0.400. The van der Waals surface area contributed by atoms with Crippen LogP contribution in [0.15, 0.2) is 12.1 Å². The van der Waals surface area contributed by atoms with Gasteiger partial charge in [-0.2, -0.15) is 5.48 Å². The van der Waals surface area contributed by atoms with Gasteiger partial charge < -0.3 is 14.3 Å². The lowest BCUT2D eigenvalue weighted by atomic mass is 10.1. The quantitative estimate of drug-likeness (QED) is 0.739.